The van der Waals surface area contributed by atoms with Gasteiger partial charge in [-0.1, -0.05) is 24.3 Å². The Kier molecular flexibility index (Phi) is 4.33. The van der Waals surface area contributed by atoms with E-state index in [-0.39, 0.29) is 19.0 Å². The number of hydrogen-bond acceptors (Lipinski definition) is 4. The zero-order valence-corrected chi connectivity index (χ0v) is 10.9. The number of carbonyl (C=O) groups is 2. The standard InChI is InChI=1S/C14H15N3O3/c15-5-6-16-13(18)9-17-7-10-3-1-2-4-11(10)12(8-17)14(19)20/h1-4,12H,6-9H2,(H,16,18)(H,19,20). The fourth-order valence-electron chi connectivity index (χ4n) is 2.41. The lowest BCUT2D eigenvalue weighted by molar-refractivity contribution is -0.140. The second kappa shape index (κ2) is 6.17. The van der Waals surface area contributed by atoms with Crippen LogP contribution in [0.1, 0.15) is 17.0 Å². The van der Waals surface area contributed by atoms with Crippen LogP contribution in [-0.2, 0) is 16.1 Å². The molecule has 0 aromatic heterocycles. The van der Waals surface area contributed by atoms with Gasteiger partial charge in [0.1, 0.15) is 6.54 Å². The molecule has 0 saturated carbocycles. The molecule has 1 unspecified atom stereocenters. The van der Waals surface area contributed by atoms with E-state index in [4.69, 9.17) is 5.26 Å². The predicted molar refractivity (Wildman–Crippen MR) is 70.7 cm³/mol. The first-order chi connectivity index (χ1) is 9.61. The molecule has 104 valence electrons. The number of nitrogens with one attached hydrogen (secondary N) is 1. The second-order valence-electron chi connectivity index (χ2n) is 4.69. The van der Waals surface area contributed by atoms with Crippen molar-refractivity contribution in [2.75, 3.05) is 19.6 Å². The van der Waals surface area contributed by atoms with Crippen molar-refractivity contribution in [1.29, 1.82) is 5.26 Å². The van der Waals surface area contributed by atoms with Gasteiger partial charge in [-0.25, -0.2) is 0 Å². The molecular formula is C14H15N3O3. The van der Waals surface area contributed by atoms with Gasteiger partial charge in [0.25, 0.3) is 0 Å². The van der Waals surface area contributed by atoms with E-state index in [1.54, 1.807) is 4.90 Å². The molecule has 6 nitrogen and oxygen atoms in total. The van der Waals surface area contributed by atoms with Crippen molar-refractivity contribution >= 4 is 11.9 Å². The molecule has 2 N–H and O–H groups in total. The first-order valence-corrected chi connectivity index (χ1v) is 6.28. The second-order valence-corrected chi connectivity index (χ2v) is 4.69. The third kappa shape index (κ3) is 3.13. The van der Waals surface area contributed by atoms with Gasteiger partial charge in [-0.3, -0.25) is 14.5 Å². The summed E-state index contributed by atoms with van der Waals surface area (Å²) in [6.45, 7) is 0.900. The Labute approximate surface area is 116 Å². The molecule has 20 heavy (non-hydrogen) atoms. The summed E-state index contributed by atoms with van der Waals surface area (Å²) in [7, 11) is 0. The van der Waals surface area contributed by atoms with Crippen molar-refractivity contribution < 1.29 is 14.7 Å². The number of carboxylic acids is 1. The molecule has 1 aliphatic rings. The van der Waals surface area contributed by atoms with Gasteiger partial charge in [-0.2, -0.15) is 5.26 Å². The Balaban J connectivity index is 2.11. The number of benzene rings is 1. The number of hydrogen-bond donors (Lipinski definition) is 2. The molecule has 1 aromatic carbocycles. The van der Waals surface area contributed by atoms with E-state index < -0.39 is 11.9 Å². The van der Waals surface area contributed by atoms with Crippen molar-refractivity contribution in [3.05, 3.63) is 35.4 Å². The summed E-state index contributed by atoms with van der Waals surface area (Å²) < 4.78 is 0. The molecule has 1 heterocycles. The van der Waals surface area contributed by atoms with Crippen molar-refractivity contribution in [3.63, 3.8) is 0 Å². The van der Waals surface area contributed by atoms with Crippen LogP contribution >= 0.6 is 0 Å². The maximum atomic E-state index is 11.6. The number of nitrogens with zero attached hydrogens (tertiary/aromatic N) is 2. The highest BCUT2D eigenvalue weighted by Crippen LogP contribution is 2.28. The summed E-state index contributed by atoms with van der Waals surface area (Å²) in [5.41, 5.74) is 1.74. The third-order valence-electron chi connectivity index (χ3n) is 3.30. The zero-order chi connectivity index (χ0) is 14.5. The lowest BCUT2D eigenvalue weighted by Crippen LogP contribution is -2.42. The number of fused-ring (bicyclic) bond motifs is 1. The molecular weight excluding hydrogens is 258 g/mol. The highest BCUT2D eigenvalue weighted by atomic mass is 16.4. The summed E-state index contributed by atoms with van der Waals surface area (Å²) in [6, 6.07) is 9.22. The molecule has 0 bridgehead atoms. The lowest BCUT2D eigenvalue weighted by Gasteiger charge is -2.32. The van der Waals surface area contributed by atoms with Crippen molar-refractivity contribution in [1.82, 2.24) is 10.2 Å². The normalized spacial score (nSPS) is 17.9. The predicted octanol–water partition coefficient (Wildman–Crippen LogP) is 0.310. The average molecular weight is 273 g/mol. The molecule has 1 aromatic rings. The van der Waals surface area contributed by atoms with E-state index in [9.17, 15) is 14.7 Å². The van der Waals surface area contributed by atoms with Gasteiger partial charge in [0.05, 0.1) is 18.5 Å². The first kappa shape index (κ1) is 14.0. The van der Waals surface area contributed by atoms with Crippen LogP contribution in [0.4, 0.5) is 0 Å². The molecule has 0 aliphatic carbocycles. The number of carboxylic acid groups (broad SMARTS) is 1. The molecule has 0 spiro atoms. The Morgan fingerprint density at radius 2 is 2.20 bits per heavy atom. The fraction of sp³-hybridized carbons (Fsp3) is 0.357. The van der Waals surface area contributed by atoms with Crippen LogP contribution in [0.2, 0.25) is 0 Å². The molecule has 0 radical (unpaired) electrons. The number of aliphatic carboxylic acids is 1. The van der Waals surface area contributed by atoms with Crippen LogP contribution in [0.25, 0.3) is 0 Å². The van der Waals surface area contributed by atoms with E-state index in [0.29, 0.717) is 13.1 Å². The number of carbonyl (C=O) groups excluding carboxylic acids is 1. The quantitative estimate of drug-likeness (QED) is 0.770. The summed E-state index contributed by atoms with van der Waals surface area (Å²) >= 11 is 0. The first-order valence-electron chi connectivity index (χ1n) is 6.28. The van der Waals surface area contributed by atoms with Crippen LogP contribution in [0.15, 0.2) is 24.3 Å². The van der Waals surface area contributed by atoms with Crippen LogP contribution in [-0.4, -0.2) is 41.5 Å². The van der Waals surface area contributed by atoms with Gasteiger partial charge in [-0.05, 0) is 11.1 Å². The number of amides is 1. The van der Waals surface area contributed by atoms with Crippen LogP contribution in [0.3, 0.4) is 0 Å². The minimum atomic E-state index is -0.889. The van der Waals surface area contributed by atoms with Crippen LogP contribution < -0.4 is 5.32 Å². The Morgan fingerprint density at radius 1 is 1.45 bits per heavy atom. The molecule has 0 saturated heterocycles. The van der Waals surface area contributed by atoms with Crippen molar-refractivity contribution in [2.45, 2.75) is 12.5 Å². The Bertz CT molecular complexity index is 565. The van der Waals surface area contributed by atoms with Gasteiger partial charge in [0.2, 0.25) is 5.91 Å². The molecule has 0 fully saturated rings. The van der Waals surface area contributed by atoms with Gasteiger partial charge in [-0.15, -0.1) is 0 Å². The van der Waals surface area contributed by atoms with E-state index in [1.807, 2.05) is 30.3 Å². The Hall–Kier alpha value is -2.39. The topological polar surface area (TPSA) is 93.4 Å². The maximum absolute atomic E-state index is 11.6. The van der Waals surface area contributed by atoms with Gasteiger partial charge >= 0.3 is 5.97 Å². The van der Waals surface area contributed by atoms with E-state index in [2.05, 4.69) is 5.32 Å². The van der Waals surface area contributed by atoms with E-state index >= 15 is 0 Å². The van der Waals surface area contributed by atoms with E-state index in [0.717, 1.165) is 11.1 Å². The third-order valence-corrected chi connectivity index (χ3v) is 3.30. The van der Waals surface area contributed by atoms with Gasteiger partial charge in [0, 0.05) is 13.1 Å². The maximum Gasteiger partial charge on any atom is 0.312 e. The molecule has 1 atom stereocenters. The van der Waals surface area contributed by atoms with Crippen LogP contribution in [0.5, 0.6) is 0 Å². The highest BCUT2D eigenvalue weighted by molar-refractivity contribution is 5.79. The van der Waals surface area contributed by atoms with Crippen molar-refractivity contribution in [3.8, 4) is 6.07 Å². The van der Waals surface area contributed by atoms with Gasteiger partial charge in [0.15, 0.2) is 0 Å². The van der Waals surface area contributed by atoms with Crippen molar-refractivity contribution in [2.24, 2.45) is 0 Å². The fourth-order valence-corrected chi connectivity index (χ4v) is 2.41. The average Bonchev–Trinajstić information content (AvgIpc) is 2.44. The Morgan fingerprint density at radius 3 is 2.90 bits per heavy atom. The van der Waals surface area contributed by atoms with E-state index in [1.165, 1.54) is 0 Å². The smallest absolute Gasteiger partial charge is 0.312 e. The summed E-state index contributed by atoms with van der Waals surface area (Å²) in [5, 5.41) is 20.2. The number of nitriles is 1. The number of rotatable bonds is 4. The SMILES string of the molecule is N#CCNC(=O)CN1Cc2ccccc2C(C(=O)O)C1. The lowest BCUT2D eigenvalue weighted by atomic mass is 9.90. The van der Waals surface area contributed by atoms with Crippen LogP contribution in [0, 0.1) is 11.3 Å². The summed E-state index contributed by atoms with van der Waals surface area (Å²) in [4.78, 5) is 24.7. The molecule has 1 aliphatic heterocycles. The zero-order valence-electron chi connectivity index (χ0n) is 10.9. The minimum Gasteiger partial charge on any atom is -0.481 e. The monoisotopic (exact) mass is 273 g/mol. The van der Waals surface area contributed by atoms with Gasteiger partial charge < -0.3 is 10.4 Å². The minimum absolute atomic E-state index is 0.0361. The largest absolute Gasteiger partial charge is 0.481 e. The molecule has 6 heteroatoms. The summed E-state index contributed by atoms with van der Waals surface area (Å²) in [5.74, 6) is -1.78. The molecule has 1 amide bonds. The highest BCUT2D eigenvalue weighted by Gasteiger charge is 2.30. The molecule has 2 rings (SSSR count). The summed E-state index contributed by atoms with van der Waals surface area (Å²) in [6.07, 6.45) is 0.